The second-order valence-corrected chi connectivity index (χ2v) is 1.29. The molecule has 0 saturated carbocycles. The van der Waals surface area contributed by atoms with Crippen LogP contribution >= 0.6 is 0 Å². The summed E-state index contributed by atoms with van der Waals surface area (Å²) in [7, 11) is 0. The van der Waals surface area contributed by atoms with Crippen molar-refractivity contribution in [2.75, 3.05) is 26.3 Å². The lowest BCUT2D eigenvalue weighted by atomic mass is 10.6. The van der Waals surface area contributed by atoms with Gasteiger partial charge in [0.15, 0.2) is 0 Å². The van der Waals surface area contributed by atoms with Gasteiger partial charge in [-0.2, -0.15) is 4.94 Å². The molecule has 0 bridgehead atoms. The summed E-state index contributed by atoms with van der Waals surface area (Å²) in [6.45, 7) is 1.05. The number of aliphatic hydroxyl groups excluding tert-OH is 1. The average molecular weight is 123 g/mol. The lowest BCUT2D eigenvalue weighted by Gasteiger charge is -1.96. The third-order valence-electron chi connectivity index (χ3n) is 0.645. The highest BCUT2D eigenvalue weighted by atomic mass is 19.3. The normalized spacial score (nSPS) is 9.75. The molecule has 0 radical (unpaired) electrons. The second-order valence-electron chi connectivity index (χ2n) is 1.29. The molecular formula is C4H10FNO2. The first-order valence-corrected chi connectivity index (χ1v) is 2.47. The minimum absolute atomic E-state index is 0.0417. The maximum atomic E-state index is 10.8. The van der Waals surface area contributed by atoms with E-state index in [4.69, 9.17) is 5.11 Å². The van der Waals surface area contributed by atoms with Gasteiger partial charge in [-0.15, -0.1) is 0 Å². The van der Waals surface area contributed by atoms with Crippen LogP contribution in [0.1, 0.15) is 0 Å². The van der Waals surface area contributed by atoms with Gasteiger partial charge in [-0.25, -0.2) is 0 Å². The third kappa shape index (κ3) is 5.81. The first-order valence-electron chi connectivity index (χ1n) is 2.47. The Hall–Kier alpha value is -0.190. The minimum Gasteiger partial charge on any atom is -0.395 e. The average Bonchev–Trinajstić information content (AvgIpc) is 1.81. The number of rotatable bonds is 5. The lowest BCUT2D eigenvalue weighted by Crippen LogP contribution is -2.21. The van der Waals surface area contributed by atoms with Crippen molar-refractivity contribution in [3.8, 4) is 0 Å². The van der Waals surface area contributed by atoms with E-state index >= 15 is 0 Å². The summed E-state index contributed by atoms with van der Waals surface area (Å²) < 4.78 is 10.8. The van der Waals surface area contributed by atoms with Crippen LogP contribution in [0, 0.1) is 0 Å². The maximum absolute atomic E-state index is 10.8. The molecule has 3 nitrogen and oxygen atoms in total. The predicted octanol–water partition coefficient (Wildman–Crippen LogP) is -0.531. The summed E-state index contributed by atoms with van der Waals surface area (Å²) in [5.41, 5.74) is 0. The van der Waals surface area contributed by atoms with Gasteiger partial charge >= 0.3 is 0 Å². The smallest absolute Gasteiger partial charge is 0.100 e. The van der Waals surface area contributed by atoms with Gasteiger partial charge in [0.2, 0.25) is 0 Å². The molecule has 0 aromatic rings. The van der Waals surface area contributed by atoms with E-state index in [1.165, 1.54) is 0 Å². The number of aliphatic hydroxyl groups is 1. The Kier molecular flexibility index (Phi) is 6.65. The molecule has 0 aliphatic carbocycles. The molecule has 0 aliphatic heterocycles. The van der Waals surface area contributed by atoms with E-state index in [-0.39, 0.29) is 13.2 Å². The molecule has 0 atom stereocenters. The highest BCUT2D eigenvalue weighted by Crippen LogP contribution is 1.68. The van der Waals surface area contributed by atoms with E-state index in [1.54, 1.807) is 0 Å². The maximum Gasteiger partial charge on any atom is 0.100 e. The zero-order chi connectivity index (χ0) is 6.24. The van der Waals surface area contributed by atoms with Crippen LogP contribution in [0.3, 0.4) is 0 Å². The Morgan fingerprint density at radius 3 is 2.75 bits per heavy atom. The van der Waals surface area contributed by atoms with Gasteiger partial charge in [-0.3, -0.25) is 0 Å². The molecule has 0 aromatic carbocycles. The molecule has 0 fully saturated rings. The highest BCUT2D eigenvalue weighted by molar-refractivity contribution is 4.40. The van der Waals surface area contributed by atoms with Crippen LogP contribution in [0.15, 0.2) is 0 Å². The molecule has 0 unspecified atom stereocenters. The number of nitrogens with one attached hydrogen (secondary N) is 1. The van der Waals surface area contributed by atoms with Crippen LogP contribution in [0.4, 0.5) is 4.53 Å². The molecule has 4 heteroatoms. The van der Waals surface area contributed by atoms with Gasteiger partial charge in [0.1, 0.15) is 6.61 Å². The minimum atomic E-state index is 0.0417. The summed E-state index contributed by atoms with van der Waals surface area (Å²) in [5, 5.41) is 10.9. The predicted molar refractivity (Wildman–Crippen MR) is 27.0 cm³/mol. The fourth-order valence-electron chi connectivity index (χ4n) is 0.315. The molecule has 50 valence electrons. The van der Waals surface area contributed by atoms with Gasteiger partial charge in [0, 0.05) is 13.1 Å². The molecule has 8 heavy (non-hydrogen) atoms. The van der Waals surface area contributed by atoms with Crippen molar-refractivity contribution in [1.82, 2.24) is 5.32 Å². The third-order valence-corrected chi connectivity index (χ3v) is 0.645. The first kappa shape index (κ1) is 7.81. The van der Waals surface area contributed by atoms with E-state index in [0.717, 1.165) is 0 Å². The van der Waals surface area contributed by atoms with Crippen LogP contribution < -0.4 is 5.32 Å². The summed E-state index contributed by atoms with van der Waals surface area (Å²) in [4.78, 5) is 3.24. The van der Waals surface area contributed by atoms with Gasteiger partial charge in [-0.1, -0.05) is 0 Å². The van der Waals surface area contributed by atoms with E-state index in [2.05, 4.69) is 10.3 Å². The lowest BCUT2D eigenvalue weighted by molar-refractivity contribution is -0.129. The van der Waals surface area contributed by atoms with Crippen molar-refractivity contribution in [3.05, 3.63) is 0 Å². The zero-order valence-electron chi connectivity index (χ0n) is 4.56. The van der Waals surface area contributed by atoms with Crippen LogP contribution in [0.5, 0.6) is 0 Å². The Morgan fingerprint density at radius 1 is 1.50 bits per heavy atom. The Labute approximate surface area is 47.4 Å². The fourth-order valence-corrected chi connectivity index (χ4v) is 0.315. The van der Waals surface area contributed by atoms with Crippen molar-refractivity contribution in [1.29, 1.82) is 0 Å². The molecule has 0 rings (SSSR count). The van der Waals surface area contributed by atoms with Crippen LogP contribution in [0.2, 0.25) is 0 Å². The van der Waals surface area contributed by atoms with Crippen molar-refractivity contribution in [2.24, 2.45) is 0 Å². The molecule has 0 saturated heterocycles. The number of hydrogen-bond donors (Lipinski definition) is 2. The van der Waals surface area contributed by atoms with E-state index in [9.17, 15) is 4.53 Å². The zero-order valence-corrected chi connectivity index (χ0v) is 4.56. The molecule has 0 aromatic heterocycles. The van der Waals surface area contributed by atoms with Crippen molar-refractivity contribution in [2.45, 2.75) is 0 Å². The molecule has 0 amide bonds. The largest absolute Gasteiger partial charge is 0.395 e. The molecule has 2 N–H and O–H groups in total. The van der Waals surface area contributed by atoms with E-state index in [0.29, 0.717) is 13.1 Å². The summed E-state index contributed by atoms with van der Waals surface area (Å²) in [6, 6.07) is 0. The van der Waals surface area contributed by atoms with Gasteiger partial charge in [0.25, 0.3) is 0 Å². The van der Waals surface area contributed by atoms with Crippen molar-refractivity contribution in [3.63, 3.8) is 0 Å². The summed E-state index contributed by atoms with van der Waals surface area (Å²) >= 11 is 0. The number of halogens is 1. The van der Waals surface area contributed by atoms with Crippen LogP contribution in [-0.4, -0.2) is 31.4 Å². The van der Waals surface area contributed by atoms with Gasteiger partial charge in [0.05, 0.1) is 6.61 Å². The molecule has 0 spiro atoms. The Bertz CT molecular complexity index is 39.0. The SMILES string of the molecule is OCCNCCOF. The summed E-state index contributed by atoms with van der Waals surface area (Å²) in [6.07, 6.45) is 0. The van der Waals surface area contributed by atoms with Crippen molar-refractivity contribution >= 4 is 0 Å². The van der Waals surface area contributed by atoms with Crippen molar-refractivity contribution < 1.29 is 14.6 Å². The summed E-state index contributed by atoms with van der Waals surface area (Å²) in [5.74, 6) is 0. The van der Waals surface area contributed by atoms with E-state index in [1.807, 2.05) is 0 Å². The van der Waals surface area contributed by atoms with Gasteiger partial charge < -0.3 is 10.4 Å². The van der Waals surface area contributed by atoms with Crippen LogP contribution in [0.25, 0.3) is 0 Å². The van der Waals surface area contributed by atoms with Gasteiger partial charge in [-0.05, 0) is 4.53 Å². The molecule has 0 aliphatic rings. The molecule has 0 heterocycles. The quantitative estimate of drug-likeness (QED) is 0.483. The number of hydrogen-bond acceptors (Lipinski definition) is 3. The fraction of sp³-hybridized carbons (Fsp3) is 1.00. The van der Waals surface area contributed by atoms with E-state index < -0.39 is 0 Å². The standard InChI is InChI=1S/C4H10FNO2/c5-8-4-2-6-1-3-7/h6-7H,1-4H2. The Morgan fingerprint density at radius 2 is 2.25 bits per heavy atom. The monoisotopic (exact) mass is 123 g/mol. The molecular weight excluding hydrogens is 113 g/mol. The topological polar surface area (TPSA) is 41.5 Å². The Balaban J connectivity index is 2.53. The first-order chi connectivity index (χ1) is 3.91. The second kappa shape index (κ2) is 6.81. The van der Waals surface area contributed by atoms with Crippen LogP contribution in [-0.2, 0) is 4.94 Å². The highest BCUT2D eigenvalue weighted by Gasteiger charge is 1.83.